The number of hydrogen-bond acceptors (Lipinski definition) is 4. The minimum absolute atomic E-state index is 0.0131. The third kappa shape index (κ3) is 4.79. The smallest absolute Gasteiger partial charge is 0.249 e. The summed E-state index contributed by atoms with van der Waals surface area (Å²) in [6.45, 7) is 0.682. The van der Waals surface area contributed by atoms with E-state index < -0.39 is 21.9 Å². The van der Waals surface area contributed by atoms with Crippen molar-refractivity contribution in [3.63, 3.8) is 0 Å². The molecule has 0 saturated carbocycles. The average Bonchev–Trinajstić information content (AvgIpc) is 2.99. The molecule has 9 heteroatoms. The van der Waals surface area contributed by atoms with E-state index >= 15 is 0 Å². The van der Waals surface area contributed by atoms with Crippen molar-refractivity contribution in [2.75, 3.05) is 30.3 Å². The Morgan fingerprint density at radius 3 is 2.83 bits per heavy atom. The van der Waals surface area contributed by atoms with Crippen LogP contribution in [0.1, 0.15) is 12.8 Å². The van der Waals surface area contributed by atoms with Gasteiger partial charge in [0.05, 0.1) is 23.5 Å². The monoisotopic (exact) mass is 364 g/mol. The third-order valence-electron chi connectivity index (χ3n) is 3.43. The maximum atomic E-state index is 13.2. The van der Waals surface area contributed by atoms with Gasteiger partial charge in [-0.3, -0.25) is 9.10 Å². The molecule has 1 saturated heterocycles. The van der Waals surface area contributed by atoms with Crippen molar-refractivity contribution in [3.8, 4) is 0 Å². The first-order valence-corrected chi connectivity index (χ1v) is 9.34. The van der Waals surface area contributed by atoms with Gasteiger partial charge in [0.25, 0.3) is 0 Å². The van der Waals surface area contributed by atoms with Gasteiger partial charge in [0.1, 0.15) is 11.9 Å². The molecule has 1 N–H and O–H groups in total. The number of anilines is 1. The number of sulfonamides is 1. The lowest BCUT2D eigenvalue weighted by molar-refractivity contribution is -0.129. The average molecular weight is 365 g/mol. The van der Waals surface area contributed by atoms with E-state index in [-0.39, 0.29) is 29.7 Å². The van der Waals surface area contributed by atoms with E-state index in [1.54, 1.807) is 0 Å². The molecule has 1 aromatic carbocycles. The molecule has 1 aromatic rings. The fourth-order valence-corrected chi connectivity index (χ4v) is 3.40. The highest BCUT2D eigenvalue weighted by Gasteiger charge is 2.24. The van der Waals surface area contributed by atoms with Crippen molar-refractivity contribution in [3.05, 3.63) is 29.0 Å². The summed E-state index contributed by atoms with van der Waals surface area (Å²) in [5, 5.41) is 2.48. The van der Waals surface area contributed by atoms with Gasteiger partial charge in [0.2, 0.25) is 15.9 Å². The van der Waals surface area contributed by atoms with Crippen molar-refractivity contribution in [2.45, 2.75) is 18.9 Å². The molecule has 2 rings (SSSR count). The van der Waals surface area contributed by atoms with Crippen LogP contribution in [0.5, 0.6) is 0 Å². The molecule has 1 fully saturated rings. The largest absolute Gasteiger partial charge is 0.368 e. The Bertz CT molecular complexity index is 677. The van der Waals surface area contributed by atoms with Crippen LogP contribution in [0, 0.1) is 5.82 Å². The van der Waals surface area contributed by atoms with Gasteiger partial charge in [-0.25, -0.2) is 12.8 Å². The van der Waals surface area contributed by atoms with Crippen LogP contribution in [-0.2, 0) is 19.6 Å². The summed E-state index contributed by atoms with van der Waals surface area (Å²) in [6, 6.07) is 3.66. The lowest BCUT2D eigenvalue weighted by atomic mass is 10.2. The second-order valence-corrected chi connectivity index (χ2v) is 7.54. The topological polar surface area (TPSA) is 75.7 Å². The summed E-state index contributed by atoms with van der Waals surface area (Å²) >= 11 is 5.70. The number of carbonyl (C=O) groups is 1. The fourth-order valence-electron chi connectivity index (χ4n) is 2.31. The number of ether oxygens (including phenoxy) is 1. The molecule has 1 aliphatic rings. The van der Waals surface area contributed by atoms with E-state index in [2.05, 4.69) is 5.32 Å². The molecule has 1 atom stereocenters. The quantitative estimate of drug-likeness (QED) is 0.830. The number of benzene rings is 1. The van der Waals surface area contributed by atoms with Crippen molar-refractivity contribution in [1.29, 1.82) is 0 Å². The molecule has 0 radical (unpaired) electrons. The molecular formula is C14H18ClFN2O4S. The number of carbonyl (C=O) groups excluding carboxylic acids is 1. The zero-order valence-electron chi connectivity index (χ0n) is 12.6. The van der Waals surface area contributed by atoms with Crippen molar-refractivity contribution in [1.82, 2.24) is 5.32 Å². The van der Waals surface area contributed by atoms with E-state index in [9.17, 15) is 17.6 Å². The lowest BCUT2D eigenvalue weighted by Gasteiger charge is -2.23. The molecule has 1 heterocycles. The van der Waals surface area contributed by atoms with Crippen LogP contribution in [0.2, 0.25) is 5.02 Å². The van der Waals surface area contributed by atoms with Crippen molar-refractivity contribution >= 4 is 33.2 Å². The van der Waals surface area contributed by atoms with E-state index in [1.807, 2.05) is 0 Å². The van der Waals surface area contributed by atoms with Gasteiger partial charge < -0.3 is 10.1 Å². The maximum absolute atomic E-state index is 13.2. The maximum Gasteiger partial charge on any atom is 0.249 e. The number of nitrogens with one attached hydrogen (secondary N) is 1. The molecule has 128 valence electrons. The zero-order chi connectivity index (χ0) is 17.0. The van der Waals surface area contributed by atoms with E-state index in [4.69, 9.17) is 16.3 Å². The Kier molecular flexibility index (Phi) is 5.83. The van der Waals surface area contributed by atoms with Crippen LogP contribution < -0.4 is 9.62 Å². The zero-order valence-corrected chi connectivity index (χ0v) is 14.2. The van der Waals surface area contributed by atoms with E-state index in [0.717, 1.165) is 23.0 Å². The van der Waals surface area contributed by atoms with Crippen molar-refractivity contribution in [2.24, 2.45) is 0 Å². The van der Waals surface area contributed by atoms with Crippen LogP contribution in [0.15, 0.2) is 18.2 Å². The molecular weight excluding hydrogens is 347 g/mol. The van der Waals surface area contributed by atoms with Gasteiger partial charge in [0, 0.05) is 13.2 Å². The molecule has 1 amide bonds. The van der Waals surface area contributed by atoms with Gasteiger partial charge in [-0.2, -0.15) is 0 Å². The number of hydrogen-bond donors (Lipinski definition) is 1. The molecule has 1 aliphatic heterocycles. The Balaban J connectivity index is 2.02. The lowest BCUT2D eigenvalue weighted by Crippen LogP contribution is -2.41. The summed E-state index contributed by atoms with van der Waals surface area (Å²) in [6.07, 6.45) is 2.06. The van der Waals surface area contributed by atoms with Crippen LogP contribution >= 0.6 is 11.6 Å². The predicted octanol–water partition coefficient (Wildman–Crippen LogP) is 1.54. The van der Waals surface area contributed by atoms with E-state index in [0.29, 0.717) is 13.0 Å². The Morgan fingerprint density at radius 1 is 1.52 bits per heavy atom. The Hall–Kier alpha value is -1.38. The summed E-state index contributed by atoms with van der Waals surface area (Å²) < 4.78 is 43.4. The van der Waals surface area contributed by atoms with Crippen LogP contribution in [-0.4, -0.2) is 46.4 Å². The predicted molar refractivity (Wildman–Crippen MR) is 85.6 cm³/mol. The number of amides is 1. The summed E-state index contributed by atoms with van der Waals surface area (Å²) in [4.78, 5) is 11.8. The summed E-state index contributed by atoms with van der Waals surface area (Å²) in [7, 11) is -3.59. The first kappa shape index (κ1) is 18.0. The molecule has 0 spiro atoms. The standard InChI is InChI=1S/C14H18ClFN2O4S/c1-23(20,21)18(10-4-5-12(16)11(15)9-10)7-6-17-14(19)13-3-2-8-22-13/h4-5,9,13H,2-3,6-8H2,1H3,(H,17,19). The van der Waals surface area contributed by atoms with E-state index in [1.165, 1.54) is 12.1 Å². The van der Waals surface area contributed by atoms with Crippen LogP contribution in [0.25, 0.3) is 0 Å². The van der Waals surface area contributed by atoms with Gasteiger partial charge in [-0.1, -0.05) is 11.6 Å². The first-order chi connectivity index (χ1) is 10.8. The highest BCUT2D eigenvalue weighted by Crippen LogP contribution is 2.24. The van der Waals surface area contributed by atoms with Gasteiger partial charge in [0.15, 0.2) is 0 Å². The van der Waals surface area contributed by atoms with Crippen LogP contribution in [0.3, 0.4) is 0 Å². The molecule has 0 bridgehead atoms. The first-order valence-electron chi connectivity index (χ1n) is 7.11. The van der Waals surface area contributed by atoms with Crippen LogP contribution in [0.4, 0.5) is 10.1 Å². The third-order valence-corrected chi connectivity index (χ3v) is 4.91. The SMILES string of the molecule is CS(=O)(=O)N(CCNC(=O)C1CCCO1)c1ccc(F)c(Cl)c1. The molecule has 6 nitrogen and oxygen atoms in total. The van der Waals surface area contributed by atoms with Gasteiger partial charge in [-0.15, -0.1) is 0 Å². The highest BCUT2D eigenvalue weighted by molar-refractivity contribution is 7.92. The highest BCUT2D eigenvalue weighted by atomic mass is 35.5. The minimum atomic E-state index is -3.59. The van der Waals surface area contributed by atoms with Crippen molar-refractivity contribution < 1.29 is 22.3 Å². The second-order valence-electron chi connectivity index (χ2n) is 5.23. The molecule has 0 aromatic heterocycles. The summed E-state index contributed by atoms with van der Waals surface area (Å²) in [5.41, 5.74) is 0.241. The molecule has 1 unspecified atom stereocenters. The molecule has 23 heavy (non-hydrogen) atoms. The minimum Gasteiger partial charge on any atom is -0.368 e. The number of rotatable bonds is 6. The second kappa shape index (κ2) is 7.46. The number of halogens is 2. The Morgan fingerprint density at radius 2 is 2.26 bits per heavy atom. The Labute approximate surface area is 139 Å². The van der Waals surface area contributed by atoms with Gasteiger partial charge >= 0.3 is 0 Å². The normalized spacial score (nSPS) is 18.0. The fraction of sp³-hybridized carbons (Fsp3) is 0.500. The summed E-state index contributed by atoms with van der Waals surface area (Å²) in [5.74, 6) is -0.886. The molecule has 0 aliphatic carbocycles. The van der Waals surface area contributed by atoms with Gasteiger partial charge in [-0.05, 0) is 31.0 Å². The number of nitrogens with zero attached hydrogens (tertiary/aromatic N) is 1.